The second-order valence-corrected chi connectivity index (χ2v) is 12.7. The van der Waals surface area contributed by atoms with Crippen LogP contribution in [0.3, 0.4) is 0 Å². The smallest absolute Gasteiger partial charge is 0.271 e. The molecule has 0 saturated carbocycles. The van der Waals surface area contributed by atoms with Crippen LogP contribution in [0.4, 0.5) is 0 Å². The Kier molecular flexibility index (Phi) is 8.00. The molecule has 0 fully saturated rings. The summed E-state index contributed by atoms with van der Waals surface area (Å²) in [5.41, 5.74) is 7.06. The lowest BCUT2D eigenvalue weighted by Gasteiger charge is -2.31. The summed E-state index contributed by atoms with van der Waals surface area (Å²) in [6, 6.07) is 27.0. The molecule has 0 N–H and O–H groups in total. The van der Waals surface area contributed by atoms with Crippen molar-refractivity contribution in [3.8, 4) is 17.2 Å². The number of aromatic nitrogens is 1. The highest BCUT2D eigenvalue weighted by atomic mass is 35.5. The molecule has 6 nitrogen and oxygen atoms in total. The van der Waals surface area contributed by atoms with Crippen LogP contribution in [0, 0.1) is 0 Å². The van der Waals surface area contributed by atoms with Crippen LogP contribution < -0.4 is 29.1 Å². The average molecular weight is 656 g/mol. The molecule has 7 rings (SSSR count). The van der Waals surface area contributed by atoms with Gasteiger partial charge in [-0.1, -0.05) is 83.1 Å². The molecule has 0 saturated heterocycles. The van der Waals surface area contributed by atoms with Crippen molar-refractivity contribution in [3.05, 3.63) is 148 Å². The molecular formula is C36H28Cl2N2O4S. The summed E-state index contributed by atoms with van der Waals surface area (Å²) in [5.74, 6) is 1.93. The number of rotatable bonds is 7. The summed E-state index contributed by atoms with van der Waals surface area (Å²) >= 11 is 13.6. The van der Waals surface area contributed by atoms with E-state index in [1.165, 1.54) is 16.9 Å². The van der Waals surface area contributed by atoms with Crippen molar-refractivity contribution in [2.24, 2.45) is 4.99 Å². The van der Waals surface area contributed by atoms with Crippen molar-refractivity contribution in [1.82, 2.24) is 4.57 Å². The van der Waals surface area contributed by atoms with Crippen LogP contribution in [0.2, 0.25) is 10.0 Å². The lowest BCUT2D eigenvalue weighted by molar-refractivity contribution is 0.306. The summed E-state index contributed by atoms with van der Waals surface area (Å²) in [5, 5.41) is 0.987. The second-order valence-electron chi connectivity index (χ2n) is 10.8. The molecule has 0 unspecified atom stereocenters. The van der Waals surface area contributed by atoms with E-state index < -0.39 is 0 Å². The fraction of sp³-hybridized carbons (Fsp3) is 0.167. The molecule has 1 aliphatic carbocycles. The van der Waals surface area contributed by atoms with E-state index in [9.17, 15) is 4.79 Å². The molecule has 2 aliphatic rings. The molecule has 1 atom stereocenters. The van der Waals surface area contributed by atoms with Gasteiger partial charge in [0.2, 0.25) is 0 Å². The molecule has 2 heterocycles. The number of methoxy groups -OCH3 is 2. The third-order valence-corrected chi connectivity index (χ3v) is 9.86. The van der Waals surface area contributed by atoms with Crippen molar-refractivity contribution in [2.45, 2.75) is 25.5 Å². The molecule has 0 bridgehead atoms. The van der Waals surface area contributed by atoms with Gasteiger partial charge < -0.3 is 14.2 Å². The van der Waals surface area contributed by atoms with Crippen LogP contribution in [0.5, 0.6) is 17.2 Å². The van der Waals surface area contributed by atoms with E-state index in [0.29, 0.717) is 43.2 Å². The molecule has 0 radical (unpaired) electrons. The molecule has 1 aromatic heterocycles. The second kappa shape index (κ2) is 12.2. The minimum absolute atomic E-state index is 0.0916. The van der Waals surface area contributed by atoms with Gasteiger partial charge in [-0.05, 0) is 83.1 Å². The number of hydrogen-bond donors (Lipinski definition) is 0. The van der Waals surface area contributed by atoms with Crippen LogP contribution in [0.15, 0.2) is 100 Å². The maximum Gasteiger partial charge on any atom is 0.271 e. The van der Waals surface area contributed by atoms with Gasteiger partial charge in [0, 0.05) is 5.56 Å². The normalized spacial score (nSPS) is 15.6. The monoisotopic (exact) mass is 654 g/mol. The first-order chi connectivity index (χ1) is 21.9. The van der Waals surface area contributed by atoms with Gasteiger partial charge in [0.15, 0.2) is 16.3 Å². The number of aryl methyl sites for hydroxylation is 1. The minimum Gasteiger partial charge on any atom is -0.493 e. The summed E-state index contributed by atoms with van der Waals surface area (Å²) in [6.45, 7) is 0.334. The Morgan fingerprint density at radius 1 is 0.911 bits per heavy atom. The number of nitrogens with zero attached hydrogens (tertiary/aromatic N) is 2. The summed E-state index contributed by atoms with van der Waals surface area (Å²) in [7, 11) is 3.24. The highest BCUT2D eigenvalue weighted by Gasteiger charge is 2.33. The van der Waals surface area contributed by atoms with Gasteiger partial charge in [-0.2, -0.15) is 0 Å². The SMILES string of the molecule is COc1ccc([C@H]2C3=C(N=c4s/c(=C\c5cccc(OCc6ccc(Cl)c(Cl)c6)c5)c(=O)n42)c2ccccc2CC3)cc1OC. The van der Waals surface area contributed by atoms with Crippen molar-refractivity contribution in [1.29, 1.82) is 0 Å². The van der Waals surface area contributed by atoms with Gasteiger partial charge in [0.1, 0.15) is 12.4 Å². The Morgan fingerprint density at radius 3 is 2.58 bits per heavy atom. The van der Waals surface area contributed by atoms with E-state index in [0.717, 1.165) is 46.4 Å². The van der Waals surface area contributed by atoms with Crippen molar-refractivity contribution in [2.75, 3.05) is 14.2 Å². The first-order valence-electron chi connectivity index (χ1n) is 14.5. The molecule has 4 aromatic carbocycles. The average Bonchev–Trinajstić information content (AvgIpc) is 3.37. The molecular weight excluding hydrogens is 627 g/mol. The maximum atomic E-state index is 14.2. The van der Waals surface area contributed by atoms with Crippen molar-refractivity contribution in [3.63, 3.8) is 0 Å². The Hall–Kier alpha value is -4.30. The fourth-order valence-corrected chi connectivity index (χ4v) is 7.31. The first-order valence-corrected chi connectivity index (χ1v) is 16.0. The van der Waals surface area contributed by atoms with E-state index in [2.05, 4.69) is 18.2 Å². The molecule has 226 valence electrons. The molecule has 9 heteroatoms. The number of halogens is 2. The van der Waals surface area contributed by atoms with E-state index >= 15 is 0 Å². The lowest BCUT2D eigenvalue weighted by Crippen LogP contribution is -2.38. The summed E-state index contributed by atoms with van der Waals surface area (Å²) in [6.07, 6.45) is 3.59. The van der Waals surface area contributed by atoms with Crippen LogP contribution in [-0.4, -0.2) is 18.8 Å². The molecule has 0 amide bonds. The highest BCUT2D eigenvalue weighted by molar-refractivity contribution is 7.07. The standard InChI is InChI=1S/C36H28Cl2N2O4S/c1-42-30-15-12-24(19-31(30)43-2)34-27-13-11-23-7-3-4-9-26(23)33(27)39-36-40(34)35(41)32(45-36)18-21-6-5-8-25(16-21)44-20-22-10-14-28(37)29(38)17-22/h3-10,12,14-19,34H,11,13,20H2,1-2H3/b32-18-/t34-/m0/s1. The Labute approximate surface area is 274 Å². The fourth-order valence-electron chi connectivity index (χ4n) is 5.99. The number of ether oxygens (including phenoxy) is 3. The summed E-state index contributed by atoms with van der Waals surface area (Å²) in [4.78, 5) is 20.0. The summed E-state index contributed by atoms with van der Waals surface area (Å²) < 4.78 is 19.6. The number of allylic oxidation sites excluding steroid dienone is 1. The predicted octanol–water partition coefficient (Wildman–Crippen LogP) is 7.22. The topological polar surface area (TPSA) is 62.0 Å². The van der Waals surface area contributed by atoms with Crippen LogP contribution in [0.1, 0.15) is 40.3 Å². The quantitative estimate of drug-likeness (QED) is 0.186. The zero-order chi connectivity index (χ0) is 31.1. The third-order valence-electron chi connectivity index (χ3n) is 8.14. The third kappa shape index (κ3) is 5.56. The highest BCUT2D eigenvalue weighted by Crippen LogP contribution is 2.42. The Morgan fingerprint density at radius 2 is 1.76 bits per heavy atom. The van der Waals surface area contributed by atoms with E-state index in [1.807, 2.05) is 65.2 Å². The van der Waals surface area contributed by atoms with E-state index in [1.54, 1.807) is 26.4 Å². The predicted molar refractivity (Wildman–Crippen MR) is 180 cm³/mol. The van der Waals surface area contributed by atoms with Gasteiger partial charge in [-0.3, -0.25) is 9.36 Å². The Bertz CT molecular complexity index is 2170. The largest absolute Gasteiger partial charge is 0.493 e. The van der Waals surface area contributed by atoms with Gasteiger partial charge in [0.05, 0.1) is 40.5 Å². The number of benzene rings is 4. The molecule has 1 aliphatic heterocycles. The maximum absolute atomic E-state index is 14.2. The van der Waals surface area contributed by atoms with Crippen LogP contribution >= 0.6 is 34.5 Å². The number of hydrogen-bond acceptors (Lipinski definition) is 6. The number of thiazole rings is 1. The van der Waals surface area contributed by atoms with Crippen LogP contribution in [-0.2, 0) is 13.0 Å². The zero-order valence-corrected chi connectivity index (χ0v) is 26.9. The first kappa shape index (κ1) is 29.4. The number of fused-ring (bicyclic) bond motifs is 3. The Balaban J connectivity index is 1.31. The zero-order valence-electron chi connectivity index (χ0n) is 24.6. The van der Waals surface area contributed by atoms with Gasteiger partial charge in [-0.15, -0.1) is 0 Å². The van der Waals surface area contributed by atoms with Crippen molar-refractivity contribution >= 4 is 46.3 Å². The van der Waals surface area contributed by atoms with Crippen LogP contribution in [0.25, 0.3) is 11.8 Å². The van der Waals surface area contributed by atoms with Crippen molar-refractivity contribution < 1.29 is 14.2 Å². The van der Waals surface area contributed by atoms with E-state index in [-0.39, 0.29) is 11.6 Å². The molecule has 5 aromatic rings. The van der Waals surface area contributed by atoms with Gasteiger partial charge >= 0.3 is 0 Å². The molecule has 45 heavy (non-hydrogen) atoms. The van der Waals surface area contributed by atoms with E-state index in [4.69, 9.17) is 42.4 Å². The van der Waals surface area contributed by atoms with Gasteiger partial charge in [0.25, 0.3) is 5.56 Å². The van der Waals surface area contributed by atoms with Gasteiger partial charge in [-0.25, -0.2) is 4.99 Å². The minimum atomic E-state index is -0.326. The lowest BCUT2D eigenvalue weighted by atomic mass is 9.83. The molecule has 0 spiro atoms.